The molecule has 0 unspecified atom stereocenters. The van der Waals surface area contributed by atoms with Crippen molar-refractivity contribution in [2.45, 2.75) is 26.4 Å². The first-order valence-electron chi connectivity index (χ1n) is 7.64. The van der Waals surface area contributed by atoms with Crippen LogP contribution in [0.1, 0.15) is 20.8 Å². The maximum absolute atomic E-state index is 11.7. The van der Waals surface area contributed by atoms with Crippen molar-refractivity contribution >= 4 is 17.9 Å². The first-order valence-corrected chi connectivity index (χ1v) is 7.64. The molecule has 0 fully saturated rings. The fraction of sp³-hybridized carbons (Fsp3) is 0.529. The van der Waals surface area contributed by atoms with Crippen molar-refractivity contribution in [2.75, 3.05) is 33.4 Å². The standard InChI is InChI=1S/C17H24N2O5/c1-17(2,3)24-16(21)19(4)9-10-22-11-12-23-15-7-5-14(6-8-15)18-13-20/h5-8H,9-12H2,1-4H3. The Balaban J connectivity index is 2.15. The van der Waals surface area contributed by atoms with Gasteiger partial charge in [-0.3, -0.25) is 0 Å². The van der Waals surface area contributed by atoms with Crippen molar-refractivity contribution in [3.05, 3.63) is 24.3 Å². The number of aliphatic imine (C=N–C) groups is 1. The number of nitrogens with zero attached hydrogens (tertiary/aromatic N) is 2. The number of isocyanates is 1. The lowest BCUT2D eigenvalue weighted by molar-refractivity contribution is 0.0216. The Morgan fingerprint density at radius 2 is 1.83 bits per heavy atom. The molecule has 0 aliphatic heterocycles. The Morgan fingerprint density at radius 3 is 2.42 bits per heavy atom. The monoisotopic (exact) mass is 336 g/mol. The fourth-order valence-corrected chi connectivity index (χ4v) is 1.62. The lowest BCUT2D eigenvalue weighted by Gasteiger charge is -2.24. The molecule has 0 saturated heterocycles. The molecule has 0 saturated carbocycles. The number of amides is 1. The highest BCUT2D eigenvalue weighted by Crippen LogP contribution is 2.17. The Bertz CT molecular complexity index is 559. The zero-order chi connectivity index (χ0) is 18.0. The van der Waals surface area contributed by atoms with E-state index in [0.29, 0.717) is 37.8 Å². The number of carbonyl (C=O) groups excluding carboxylic acids is 2. The van der Waals surface area contributed by atoms with Crippen LogP contribution in [0.15, 0.2) is 29.3 Å². The molecule has 0 spiro atoms. The third-order valence-corrected chi connectivity index (χ3v) is 2.78. The zero-order valence-electron chi connectivity index (χ0n) is 14.6. The molecule has 0 atom stereocenters. The maximum atomic E-state index is 11.7. The summed E-state index contributed by atoms with van der Waals surface area (Å²) in [5, 5.41) is 0. The van der Waals surface area contributed by atoms with Gasteiger partial charge in [0, 0.05) is 13.6 Å². The number of hydrogen-bond acceptors (Lipinski definition) is 6. The molecule has 0 aromatic heterocycles. The molecule has 0 heterocycles. The molecule has 0 bridgehead atoms. The SMILES string of the molecule is CN(CCOCCOc1ccc(N=C=O)cc1)C(=O)OC(C)(C)C. The number of carbonyl (C=O) groups is 1. The third-order valence-electron chi connectivity index (χ3n) is 2.78. The molecule has 1 rings (SSSR count). The minimum Gasteiger partial charge on any atom is -0.491 e. The van der Waals surface area contributed by atoms with Gasteiger partial charge in [-0.15, -0.1) is 0 Å². The third kappa shape index (κ3) is 8.31. The lowest BCUT2D eigenvalue weighted by Crippen LogP contribution is -2.36. The van der Waals surface area contributed by atoms with Gasteiger partial charge in [0.2, 0.25) is 6.08 Å². The van der Waals surface area contributed by atoms with Crippen LogP contribution in [-0.4, -0.2) is 56.1 Å². The van der Waals surface area contributed by atoms with Crippen molar-refractivity contribution in [3.8, 4) is 5.75 Å². The molecule has 0 aliphatic carbocycles. The molecule has 0 aliphatic rings. The van der Waals surface area contributed by atoms with Gasteiger partial charge in [0.05, 0.1) is 18.9 Å². The van der Waals surface area contributed by atoms with Crippen molar-refractivity contribution < 1.29 is 23.8 Å². The summed E-state index contributed by atoms with van der Waals surface area (Å²) in [7, 11) is 1.66. The predicted octanol–water partition coefficient (Wildman–Crippen LogP) is 2.92. The van der Waals surface area contributed by atoms with Crippen LogP contribution in [0.25, 0.3) is 0 Å². The second-order valence-electron chi connectivity index (χ2n) is 6.06. The maximum Gasteiger partial charge on any atom is 0.410 e. The summed E-state index contributed by atoms with van der Waals surface area (Å²) in [4.78, 5) is 26.8. The van der Waals surface area contributed by atoms with Crippen LogP contribution in [0, 0.1) is 0 Å². The van der Waals surface area contributed by atoms with E-state index in [-0.39, 0.29) is 6.09 Å². The molecule has 7 nitrogen and oxygen atoms in total. The van der Waals surface area contributed by atoms with Crippen LogP contribution in [0.2, 0.25) is 0 Å². The summed E-state index contributed by atoms with van der Waals surface area (Å²) in [6, 6.07) is 6.76. The Hall–Kier alpha value is -2.37. The minimum absolute atomic E-state index is 0.375. The van der Waals surface area contributed by atoms with Crippen molar-refractivity contribution in [1.82, 2.24) is 4.90 Å². The second kappa shape index (κ2) is 9.70. The van der Waals surface area contributed by atoms with Gasteiger partial charge in [0.25, 0.3) is 0 Å². The van der Waals surface area contributed by atoms with Gasteiger partial charge in [0.1, 0.15) is 18.0 Å². The summed E-state index contributed by atoms with van der Waals surface area (Å²) < 4.78 is 16.2. The Morgan fingerprint density at radius 1 is 1.17 bits per heavy atom. The molecule has 0 N–H and O–H groups in total. The van der Waals surface area contributed by atoms with Crippen molar-refractivity contribution in [3.63, 3.8) is 0 Å². The van der Waals surface area contributed by atoms with Gasteiger partial charge in [0.15, 0.2) is 0 Å². The van der Waals surface area contributed by atoms with Crippen LogP contribution in [-0.2, 0) is 14.3 Å². The number of rotatable bonds is 8. The fourth-order valence-electron chi connectivity index (χ4n) is 1.62. The first kappa shape index (κ1) is 19.7. The van der Waals surface area contributed by atoms with E-state index in [1.54, 1.807) is 31.3 Å². The summed E-state index contributed by atoms with van der Waals surface area (Å²) in [5.41, 5.74) is 0.0193. The minimum atomic E-state index is -0.507. The number of benzene rings is 1. The molecular formula is C17H24N2O5. The highest BCUT2D eigenvalue weighted by molar-refractivity contribution is 5.67. The molecule has 1 amide bonds. The van der Waals surface area contributed by atoms with Crippen LogP contribution < -0.4 is 4.74 Å². The van der Waals surface area contributed by atoms with Gasteiger partial charge >= 0.3 is 6.09 Å². The topological polar surface area (TPSA) is 77.4 Å². The smallest absolute Gasteiger partial charge is 0.410 e. The van der Waals surface area contributed by atoms with Crippen LogP contribution in [0.5, 0.6) is 5.75 Å². The van der Waals surface area contributed by atoms with Gasteiger partial charge in [-0.1, -0.05) is 0 Å². The summed E-state index contributed by atoms with van der Waals surface area (Å²) in [6.07, 6.45) is 1.10. The zero-order valence-corrected chi connectivity index (χ0v) is 14.6. The van der Waals surface area contributed by atoms with Crippen LogP contribution in [0.4, 0.5) is 10.5 Å². The Kier molecular flexibility index (Phi) is 7.95. The van der Waals surface area contributed by atoms with Crippen molar-refractivity contribution in [2.24, 2.45) is 4.99 Å². The van der Waals surface area contributed by atoms with Gasteiger partial charge in [-0.05, 0) is 45.0 Å². The van der Waals surface area contributed by atoms with Gasteiger partial charge in [-0.25, -0.2) is 9.59 Å². The van der Waals surface area contributed by atoms with E-state index in [0.717, 1.165) is 0 Å². The van der Waals surface area contributed by atoms with E-state index < -0.39 is 5.60 Å². The van der Waals surface area contributed by atoms with Crippen LogP contribution in [0.3, 0.4) is 0 Å². The van der Waals surface area contributed by atoms with Crippen molar-refractivity contribution in [1.29, 1.82) is 0 Å². The molecule has 0 radical (unpaired) electrons. The number of hydrogen-bond donors (Lipinski definition) is 0. The molecule has 1 aromatic carbocycles. The number of likely N-dealkylation sites (N-methyl/N-ethyl adjacent to an activating group) is 1. The van der Waals surface area contributed by atoms with Crippen LogP contribution >= 0.6 is 0 Å². The van der Waals surface area contributed by atoms with E-state index >= 15 is 0 Å². The molecular weight excluding hydrogens is 312 g/mol. The summed E-state index contributed by atoms with van der Waals surface area (Å²) >= 11 is 0. The first-order chi connectivity index (χ1) is 11.3. The summed E-state index contributed by atoms with van der Waals surface area (Å²) in [5.74, 6) is 0.661. The highest BCUT2D eigenvalue weighted by Gasteiger charge is 2.19. The van der Waals surface area contributed by atoms with E-state index in [2.05, 4.69) is 4.99 Å². The normalized spacial score (nSPS) is 10.7. The van der Waals surface area contributed by atoms with E-state index in [4.69, 9.17) is 14.2 Å². The Labute approximate surface area is 142 Å². The largest absolute Gasteiger partial charge is 0.491 e. The van der Waals surface area contributed by atoms with E-state index in [1.807, 2.05) is 20.8 Å². The lowest BCUT2D eigenvalue weighted by atomic mass is 10.2. The number of ether oxygens (including phenoxy) is 3. The molecule has 1 aromatic rings. The highest BCUT2D eigenvalue weighted by atomic mass is 16.6. The predicted molar refractivity (Wildman–Crippen MR) is 89.4 cm³/mol. The molecule has 24 heavy (non-hydrogen) atoms. The average Bonchev–Trinajstić information content (AvgIpc) is 2.50. The van der Waals surface area contributed by atoms with Gasteiger partial charge in [-0.2, -0.15) is 4.99 Å². The average molecular weight is 336 g/mol. The molecule has 132 valence electrons. The van der Waals surface area contributed by atoms with E-state index in [1.165, 1.54) is 11.0 Å². The van der Waals surface area contributed by atoms with E-state index in [9.17, 15) is 9.59 Å². The second-order valence-corrected chi connectivity index (χ2v) is 6.06. The quantitative estimate of drug-likeness (QED) is 0.414. The molecule has 7 heteroatoms. The van der Waals surface area contributed by atoms with Gasteiger partial charge < -0.3 is 19.1 Å². The summed E-state index contributed by atoms with van der Waals surface area (Å²) in [6.45, 7) is 7.08.